The third kappa shape index (κ3) is 6.53. The first-order valence-corrected chi connectivity index (χ1v) is 10.6. The van der Waals surface area contributed by atoms with Crippen LogP contribution in [-0.2, 0) is 14.9 Å². The first-order chi connectivity index (χ1) is 12.5. The van der Waals surface area contributed by atoms with Gasteiger partial charge in [0.05, 0.1) is 0 Å². The molecule has 0 saturated heterocycles. The number of ether oxygens (including phenoxy) is 2. The molecule has 0 spiro atoms. The molecule has 0 fully saturated rings. The van der Waals surface area contributed by atoms with Gasteiger partial charge in [0.2, 0.25) is 5.60 Å². The highest BCUT2D eigenvalue weighted by atomic mass is 16.6. The van der Waals surface area contributed by atoms with Crippen molar-refractivity contribution in [3.05, 3.63) is 29.8 Å². The van der Waals surface area contributed by atoms with Crippen LogP contribution in [-0.4, -0.2) is 17.2 Å². The molecule has 3 heteroatoms. The van der Waals surface area contributed by atoms with Gasteiger partial charge < -0.3 is 9.47 Å². The van der Waals surface area contributed by atoms with Crippen LogP contribution in [0.15, 0.2) is 24.3 Å². The van der Waals surface area contributed by atoms with Gasteiger partial charge >= 0.3 is 5.97 Å². The van der Waals surface area contributed by atoms with Gasteiger partial charge in [0.15, 0.2) is 0 Å². The van der Waals surface area contributed by atoms with E-state index in [-0.39, 0.29) is 16.8 Å². The molecular weight excluding hydrogens is 348 g/mol. The van der Waals surface area contributed by atoms with E-state index in [1.54, 1.807) is 6.92 Å². The highest BCUT2D eigenvalue weighted by Gasteiger charge is 2.38. The molecule has 3 nitrogen and oxygen atoms in total. The summed E-state index contributed by atoms with van der Waals surface area (Å²) in [6.45, 7) is 23.1. The summed E-state index contributed by atoms with van der Waals surface area (Å²) in [6, 6.07) is 8.26. The highest BCUT2D eigenvalue weighted by Crippen LogP contribution is 2.42. The lowest BCUT2D eigenvalue weighted by atomic mass is 9.65. The monoisotopic (exact) mass is 390 g/mol. The van der Waals surface area contributed by atoms with Crippen LogP contribution in [0.2, 0.25) is 0 Å². The van der Waals surface area contributed by atoms with Gasteiger partial charge in [-0.25, -0.2) is 4.79 Å². The smallest absolute Gasteiger partial charge is 0.350 e. The molecule has 0 radical (unpaired) electrons. The minimum atomic E-state index is -0.998. The second kappa shape index (κ2) is 8.47. The van der Waals surface area contributed by atoms with Crippen molar-refractivity contribution < 1.29 is 14.3 Å². The summed E-state index contributed by atoms with van der Waals surface area (Å²) in [7, 11) is 0. The van der Waals surface area contributed by atoms with E-state index in [0.29, 0.717) is 18.1 Å². The zero-order valence-electron chi connectivity index (χ0n) is 20.0. The number of carbonyl (C=O) groups is 1. The quantitative estimate of drug-likeness (QED) is 0.474. The normalized spacial score (nSPS) is 17.0. The van der Waals surface area contributed by atoms with Crippen LogP contribution in [0.1, 0.15) is 94.6 Å². The van der Waals surface area contributed by atoms with Crippen LogP contribution < -0.4 is 4.74 Å². The number of hydrogen-bond donors (Lipinski definition) is 0. The fourth-order valence-corrected chi connectivity index (χ4v) is 3.55. The predicted octanol–water partition coefficient (Wildman–Crippen LogP) is 6.93. The SMILES string of the molecule is CCC(C)(Oc1ccc(C(C)(CC(C)(C)C)C(C)C)cc1)C(=O)OC(C)(C)C. The van der Waals surface area contributed by atoms with Gasteiger partial charge in [-0.05, 0) is 75.0 Å². The van der Waals surface area contributed by atoms with Gasteiger partial charge in [0.1, 0.15) is 11.4 Å². The zero-order valence-corrected chi connectivity index (χ0v) is 20.0. The summed E-state index contributed by atoms with van der Waals surface area (Å²) in [4.78, 5) is 12.6. The van der Waals surface area contributed by atoms with Gasteiger partial charge in [-0.1, -0.05) is 60.6 Å². The number of hydrogen-bond acceptors (Lipinski definition) is 3. The fraction of sp³-hybridized carbons (Fsp3) is 0.720. The second-order valence-electron chi connectivity index (χ2n) is 11.0. The summed E-state index contributed by atoms with van der Waals surface area (Å²) in [5.41, 5.74) is 0.0935. The Balaban J connectivity index is 3.09. The van der Waals surface area contributed by atoms with Gasteiger partial charge in [-0.15, -0.1) is 0 Å². The van der Waals surface area contributed by atoms with E-state index in [0.717, 1.165) is 6.42 Å². The van der Waals surface area contributed by atoms with Crippen molar-refractivity contribution in [2.45, 2.75) is 106 Å². The molecule has 0 aliphatic rings. The van der Waals surface area contributed by atoms with Crippen LogP contribution in [0.25, 0.3) is 0 Å². The van der Waals surface area contributed by atoms with Gasteiger partial charge in [0.25, 0.3) is 0 Å². The van der Waals surface area contributed by atoms with E-state index in [4.69, 9.17) is 9.47 Å². The molecule has 1 rings (SSSR count). The number of rotatable bonds is 7. The molecule has 2 unspecified atom stereocenters. The third-order valence-corrected chi connectivity index (χ3v) is 5.53. The molecule has 0 amide bonds. The standard InChI is InChI=1S/C25H42O3/c1-12-25(11,21(26)28-23(7,8)9)27-20-15-13-19(14-16-20)24(10,18(2)3)17-22(4,5)6/h13-16,18H,12,17H2,1-11H3. The molecule has 1 aromatic rings. The Morgan fingerprint density at radius 2 is 1.43 bits per heavy atom. The van der Waals surface area contributed by atoms with Gasteiger partial charge in [-0.2, -0.15) is 0 Å². The first kappa shape index (κ1) is 24.5. The zero-order chi connectivity index (χ0) is 22.0. The van der Waals surface area contributed by atoms with E-state index in [1.165, 1.54) is 5.56 Å². The largest absolute Gasteiger partial charge is 0.476 e. The highest BCUT2D eigenvalue weighted by molar-refractivity contribution is 5.79. The van der Waals surface area contributed by atoms with E-state index >= 15 is 0 Å². The Morgan fingerprint density at radius 1 is 0.929 bits per heavy atom. The van der Waals surface area contributed by atoms with Crippen molar-refractivity contribution in [3.63, 3.8) is 0 Å². The maximum Gasteiger partial charge on any atom is 0.350 e. The molecule has 0 saturated carbocycles. The lowest BCUT2D eigenvalue weighted by molar-refractivity contribution is -0.172. The van der Waals surface area contributed by atoms with Crippen LogP contribution >= 0.6 is 0 Å². The molecule has 160 valence electrons. The Kier molecular flexibility index (Phi) is 7.42. The summed E-state index contributed by atoms with van der Waals surface area (Å²) in [6.07, 6.45) is 1.64. The molecule has 1 aromatic carbocycles. The van der Waals surface area contributed by atoms with Gasteiger partial charge in [-0.3, -0.25) is 0 Å². The minimum Gasteiger partial charge on any atom is -0.476 e. The molecule has 0 aromatic heterocycles. The summed E-state index contributed by atoms with van der Waals surface area (Å²) < 4.78 is 11.7. The van der Waals surface area contributed by atoms with E-state index in [1.807, 2.05) is 39.8 Å². The summed E-state index contributed by atoms with van der Waals surface area (Å²) in [5, 5.41) is 0. The Morgan fingerprint density at radius 3 is 1.79 bits per heavy atom. The van der Waals surface area contributed by atoms with Crippen molar-refractivity contribution in [3.8, 4) is 5.75 Å². The molecule has 0 heterocycles. The second-order valence-corrected chi connectivity index (χ2v) is 11.0. The minimum absolute atomic E-state index is 0.0794. The average molecular weight is 391 g/mol. The molecule has 0 bridgehead atoms. The number of esters is 1. The molecule has 0 aliphatic heterocycles. The Labute approximate surface area is 173 Å². The van der Waals surface area contributed by atoms with Crippen LogP contribution in [0.5, 0.6) is 5.75 Å². The van der Waals surface area contributed by atoms with Crippen molar-refractivity contribution in [2.24, 2.45) is 11.3 Å². The molecule has 28 heavy (non-hydrogen) atoms. The van der Waals surface area contributed by atoms with E-state index < -0.39 is 11.2 Å². The fourth-order valence-electron chi connectivity index (χ4n) is 3.55. The lowest BCUT2D eigenvalue weighted by Crippen LogP contribution is -2.45. The van der Waals surface area contributed by atoms with Crippen molar-refractivity contribution in [1.29, 1.82) is 0 Å². The number of carbonyl (C=O) groups excluding carboxylic acids is 1. The lowest BCUT2D eigenvalue weighted by Gasteiger charge is -2.40. The number of benzene rings is 1. The molecule has 0 N–H and O–H groups in total. The van der Waals surface area contributed by atoms with Crippen molar-refractivity contribution >= 4 is 5.97 Å². The maximum atomic E-state index is 12.6. The van der Waals surface area contributed by atoms with Crippen LogP contribution in [0.3, 0.4) is 0 Å². The Hall–Kier alpha value is -1.51. The Bertz CT molecular complexity index is 646. The van der Waals surface area contributed by atoms with E-state index in [2.05, 4.69) is 53.7 Å². The topological polar surface area (TPSA) is 35.5 Å². The summed E-state index contributed by atoms with van der Waals surface area (Å²) >= 11 is 0. The van der Waals surface area contributed by atoms with Gasteiger partial charge in [0, 0.05) is 0 Å². The maximum absolute atomic E-state index is 12.6. The average Bonchev–Trinajstić information content (AvgIpc) is 2.51. The first-order valence-electron chi connectivity index (χ1n) is 10.6. The molecule has 0 aliphatic carbocycles. The molecule has 2 atom stereocenters. The van der Waals surface area contributed by atoms with Crippen LogP contribution in [0, 0.1) is 11.3 Å². The third-order valence-electron chi connectivity index (χ3n) is 5.53. The summed E-state index contributed by atoms with van der Waals surface area (Å²) in [5.74, 6) is 0.883. The predicted molar refractivity (Wildman–Crippen MR) is 118 cm³/mol. The molecular formula is C25H42O3. The van der Waals surface area contributed by atoms with Crippen LogP contribution in [0.4, 0.5) is 0 Å². The van der Waals surface area contributed by atoms with Crippen molar-refractivity contribution in [1.82, 2.24) is 0 Å². The van der Waals surface area contributed by atoms with Crippen molar-refractivity contribution in [2.75, 3.05) is 0 Å². The van der Waals surface area contributed by atoms with E-state index in [9.17, 15) is 4.79 Å².